The first-order chi connectivity index (χ1) is 9.20. The lowest BCUT2D eigenvalue weighted by atomic mass is 9.65. The maximum absolute atomic E-state index is 12.4. The maximum atomic E-state index is 12.4. The Bertz CT molecular complexity index is 537. The molecule has 0 saturated heterocycles. The minimum absolute atomic E-state index is 0.294. The van der Waals surface area contributed by atoms with E-state index in [1.807, 2.05) is 12.1 Å². The van der Waals surface area contributed by atoms with E-state index in [2.05, 4.69) is 0 Å². The second kappa shape index (κ2) is 4.37. The molecule has 1 aromatic carbocycles. The van der Waals surface area contributed by atoms with Crippen LogP contribution in [0.3, 0.4) is 0 Å². The number of benzene rings is 1. The maximum Gasteiger partial charge on any atom is 0.338 e. The van der Waals surface area contributed by atoms with Crippen LogP contribution in [-0.4, -0.2) is 25.2 Å². The Kier molecular flexibility index (Phi) is 2.81. The molecular formula is C15H16O4. The molecule has 1 aliphatic carbocycles. The number of carbonyl (C=O) groups excluding carboxylic acids is 2. The highest BCUT2D eigenvalue weighted by Gasteiger charge is 2.55. The van der Waals surface area contributed by atoms with Crippen molar-refractivity contribution >= 4 is 11.9 Å². The van der Waals surface area contributed by atoms with E-state index >= 15 is 0 Å². The second-order valence-electron chi connectivity index (χ2n) is 5.15. The smallest absolute Gasteiger partial charge is 0.338 e. The minimum atomic E-state index is -0.808. The van der Waals surface area contributed by atoms with Gasteiger partial charge in [0, 0.05) is 0 Å². The fourth-order valence-corrected chi connectivity index (χ4v) is 3.38. The highest BCUT2D eigenvalue weighted by atomic mass is 16.6. The summed E-state index contributed by atoms with van der Waals surface area (Å²) in [5.41, 5.74) is 0.450. The summed E-state index contributed by atoms with van der Waals surface area (Å²) in [7, 11) is 1.39. The molecular weight excluding hydrogens is 244 g/mol. The second-order valence-corrected chi connectivity index (χ2v) is 5.15. The molecule has 1 fully saturated rings. The summed E-state index contributed by atoms with van der Waals surface area (Å²) < 4.78 is 10.5. The molecule has 4 nitrogen and oxygen atoms in total. The van der Waals surface area contributed by atoms with Crippen LogP contribution in [0.5, 0.6) is 0 Å². The van der Waals surface area contributed by atoms with Gasteiger partial charge in [0.1, 0.15) is 11.5 Å². The molecule has 3 rings (SSSR count). The van der Waals surface area contributed by atoms with Crippen molar-refractivity contribution in [3.63, 3.8) is 0 Å². The third-order valence-electron chi connectivity index (χ3n) is 4.26. The summed E-state index contributed by atoms with van der Waals surface area (Å²) in [4.78, 5) is 24.4. The summed E-state index contributed by atoms with van der Waals surface area (Å²) in [6.07, 6.45) is 2.91. The van der Waals surface area contributed by atoms with E-state index in [4.69, 9.17) is 9.47 Å². The third kappa shape index (κ3) is 1.59. The van der Waals surface area contributed by atoms with Crippen molar-refractivity contribution in [2.45, 2.75) is 37.2 Å². The molecule has 2 atom stereocenters. The van der Waals surface area contributed by atoms with Gasteiger partial charge in [0.15, 0.2) is 0 Å². The van der Waals surface area contributed by atoms with Gasteiger partial charge in [-0.25, -0.2) is 4.79 Å². The fourth-order valence-electron chi connectivity index (χ4n) is 3.38. The highest BCUT2D eigenvalue weighted by molar-refractivity contribution is 5.98. The van der Waals surface area contributed by atoms with Crippen molar-refractivity contribution in [3.05, 3.63) is 35.4 Å². The van der Waals surface area contributed by atoms with Gasteiger partial charge in [-0.1, -0.05) is 24.6 Å². The molecule has 1 heterocycles. The van der Waals surface area contributed by atoms with Crippen LogP contribution in [0.25, 0.3) is 0 Å². The third-order valence-corrected chi connectivity index (χ3v) is 4.26. The molecule has 100 valence electrons. The van der Waals surface area contributed by atoms with Gasteiger partial charge >= 0.3 is 11.9 Å². The monoisotopic (exact) mass is 260 g/mol. The normalized spacial score (nSPS) is 28.9. The highest BCUT2D eigenvalue weighted by Crippen LogP contribution is 2.46. The topological polar surface area (TPSA) is 52.6 Å². The molecule has 0 bridgehead atoms. The van der Waals surface area contributed by atoms with Gasteiger partial charge in [0.05, 0.1) is 12.7 Å². The number of methoxy groups -OCH3 is 1. The molecule has 0 spiro atoms. The number of hydrogen-bond acceptors (Lipinski definition) is 4. The zero-order valence-electron chi connectivity index (χ0n) is 10.8. The molecule has 19 heavy (non-hydrogen) atoms. The lowest BCUT2D eigenvalue weighted by molar-refractivity contribution is -0.156. The quantitative estimate of drug-likeness (QED) is 0.726. The van der Waals surface area contributed by atoms with Crippen molar-refractivity contribution in [2.24, 2.45) is 0 Å². The molecule has 4 heteroatoms. The van der Waals surface area contributed by atoms with E-state index in [1.165, 1.54) is 7.11 Å². The summed E-state index contributed by atoms with van der Waals surface area (Å²) in [5, 5.41) is 0. The predicted molar refractivity (Wildman–Crippen MR) is 67.8 cm³/mol. The average Bonchev–Trinajstić information content (AvgIpc) is 2.47. The number of hydrogen-bond donors (Lipinski definition) is 0. The standard InChI is InChI=1S/C15H16O4/c1-18-14(17)15-9-5-4-8-12(15)19-13(16)10-6-2-3-7-11(10)15/h2-3,6-7,12H,4-5,8-9H2,1H3/t12-,15-/m1/s1. The lowest BCUT2D eigenvalue weighted by Gasteiger charge is -2.44. The number of rotatable bonds is 1. The van der Waals surface area contributed by atoms with Gasteiger partial charge in [-0.2, -0.15) is 0 Å². The lowest BCUT2D eigenvalue weighted by Crippen LogP contribution is -2.54. The van der Waals surface area contributed by atoms with E-state index in [0.717, 1.165) is 24.8 Å². The molecule has 0 amide bonds. The predicted octanol–water partition coefficient (Wildman–Crippen LogP) is 2.21. The Morgan fingerprint density at radius 1 is 1.37 bits per heavy atom. The molecule has 1 aromatic rings. The van der Waals surface area contributed by atoms with Crippen molar-refractivity contribution in [3.8, 4) is 0 Å². The molecule has 0 N–H and O–H groups in total. The van der Waals surface area contributed by atoms with E-state index in [-0.39, 0.29) is 11.9 Å². The van der Waals surface area contributed by atoms with Crippen LogP contribution in [0.2, 0.25) is 0 Å². The SMILES string of the molecule is COC(=O)[C@@]12CCCC[C@H]1OC(=O)c1ccccc12. The minimum Gasteiger partial charge on any atom is -0.468 e. The zero-order valence-corrected chi connectivity index (χ0v) is 10.8. The molecule has 1 saturated carbocycles. The van der Waals surface area contributed by atoms with Gasteiger partial charge in [0.2, 0.25) is 0 Å². The first-order valence-electron chi connectivity index (χ1n) is 6.59. The van der Waals surface area contributed by atoms with E-state index in [1.54, 1.807) is 12.1 Å². The van der Waals surface area contributed by atoms with Crippen molar-refractivity contribution in [2.75, 3.05) is 7.11 Å². The van der Waals surface area contributed by atoms with E-state index in [9.17, 15) is 9.59 Å². The van der Waals surface area contributed by atoms with E-state index in [0.29, 0.717) is 12.0 Å². The van der Waals surface area contributed by atoms with Crippen LogP contribution < -0.4 is 0 Å². The average molecular weight is 260 g/mol. The van der Waals surface area contributed by atoms with Crippen LogP contribution in [0.1, 0.15) is 41.6 Å². The number of esters is 2. The van der Waals surface area contributed by atoms with Crippen molar-refractivity contribution < 1.29 is 19.1 Å². The Morgan fingerprint density at radius 2 is 2.16 bits per heavy atom. The van der Waals surface area contributed by atoms with Crippen LogP contribution in [0.4, 0.5) is 0 Å². The molecule has 0 unspecified atom stereocenters. The first-order valence-corrected chi connectivity index (χ1v) is 6.59. The van der Waals surface area contributed by atoms with Gasteiger partial charge in [-0.15, -0.1) is 0 Å². The number of fused-ring (bicyclic) bond motifs is 3. The molecule has 0 aromatic heterocycles. The Balaban J connectivity index is 2.22. The zero-order chi connectivity index (χ0) is 13.5. The number of ether oxygens (including phenoxy) is 2. The molecule has 1 aliphatic heterocycles. The Labute approximate surface area is 111 Å². The Hall–Kier alpha value is -1.84. The largest absolute Gasteiger partial charge is 0.468 e. The van der Waals surface area contributed by atoms with Crippen LogP contribution in [-0.2, 0) is 19.7 Å². The summed E-state index contributed by atoms with van der Waals surface area (Å²) in [6.45, 7) is 0. The van der Waals surface area contributed by atoms with Gasteiger partial charge < -0.3 is 9.47 Å². The Morgan fingerprint density at radius 3 is 2.95 bits per heavy atom. The van der Waals surface area contributed by atoms with Crippen molar-refractivity contribution in [1.82, 2.24) is 0 Å². The molecule has 0 radical (unpaired) electrons. The van der Waals surface area contributed by atoms with Crippen LogP contribution in [0, 0.1) is 0 Å². The van der Waals surface area contributed by atoms with Gasteiger partial charge in [0.25, 0.3) is 0 Å². The van der Waals surface area contributed by atoms with E-state index < -0.39 is 11.5 Å². The summed E-state index contributed by atoms with van der Waals surface area (Å²) in [6, 6.07) is 7.21. The van der Waals surface area contributed by atoms with Gasteiger partial charge in [-0.3, -0.25) is 4.79 Å². The molecule has 2 aliphatic rings. The number of carbonyl (C=O) groups is 2. The van der Waals surface area contributed by atoms with Crippen LogP contribution >= 0.6 is 0 Å². The van der Waals surface area contributed by atoms with Crippen LogP contribution in [0.15, 0.2) is 24.3 Å². The fraction of sp³-hybridized carbons (Fsp3) is 0.467. The summed E-state index contributed by atoms with van der Waals surface area (Å²) >= 11 is 0. The first kappa shape index (κ1) is 12.2. The van der Waals surface area contributed by atoms with Crippen molar-refractivity contribution in [1.29, 1.82) is 0 Å². The van der Waals surface area contributed by atoms with Gasteiger partial charge in [-0.05, 0) is 30.9 Å². The summed E-state index contributed by atoms with van der Waals surface area (Å²) in [5.74, 6) is -0.626.